The first kappa shape index (κ1) is 15.5. The van der Waals surface area contributed by atoms with E-state index in [0.717, 1.165) is 25.7 Å². The largest absolute Gasteiger partial charge is 0.484 e. The summed E-state index contributed by atoms with van der Waals surface area (Å²) in [7, 11) is 0. The third kappa shape index (κ3) is 3.13. The maximum Gasteiger partial charge on any atom is 0.261 e. The summed E-state index contributed by atoms with van der Waals surface area (Å²) in [5.74, 6) is 0.706. The lowest BCUT2D eigenvalue weighted by molar-refractivity contribution is -0.136. The molecule has 1 fully saturated rings. The highest BCUT2D eigenvalue weighted by atomic mass is 35.5. The summed E-state index contributed by atoms with van der Waals surface area (Å²) < 4.78 is 5.68. The van der Waals surface area contributed by atoms with Crippen molar-refractivity contribution in [3.63, 3.8) is 0 Å². The lowest BCUT2D eigenvalue weighted by atomic mass is 10.1. The molecular formula is C20H20ClNO2. The topological polar surface area (TPSA) is 29.5 Å². The number of rotatable bonds is 5. The van der Waals surface area contributed by atoms with Crippen LogP contribution in [0.25, 0.3) is 0 Å². The molecule has 0 aromatic heterocycles. The summed E-state index contributed by atoms with van der Waals surface area (Å²) in [6.45, 7) is 0.0650. The molecule has 1 atom stereocenters. The second-order valence-electron chi connectivity index (χ2n) is 6.53. The Morgan fingerprint density at radius 1 is 1.12 bits per heavy atom. The average molecular weight is 342 g/mol. The molecule has 124 valence electrons. The minimum atomic E-state index is 0.0650. The van der Waals surface area contributed by atoms with Crippen LogP contribution in [0.1, 0.15) is 36.4 Å². The minimum absolute atomic E-state index is 0.0650. The number of aryl methyl sites for hydroxylation is 1. The molecule has 24 heavy (non-hydrogen) atoms. The monoisotopic (exact) mass is 341 g/mol. The van der Waals surface area contributed by atoms with Gasteiger partial charge >= 0.3 is 0 Å². The first-order valence-corrected chi connectivity index (χ1v) is 8.87. The molecule has 0 saturated heterocycles. The Bertz CT molecular complexity index is 757. The zero-order valence-corrected chi connectivity index (χ0v) is 14.2. The van der Waals surface area contributed by atoms with E-state index < -0.39 is 0 Å². The second kappa shape index (κ2) is 6.48. The van der Waals surface area contributed by atoms with Crippen LogP contribution in [0.5, 0.6) is 5.75 Å². The summed E-state index contributed by atoms with van der Waals surface area (Å²) in [6, 6.07) is 16.2. The van der Waals surface area contributed by atoms with E-state index in [9.17, 15) is 4.79 Å². The number of amides is 1. The highest BCUT2D eigenvalue weighted by Gasteiger charge is 2.40. The Hall–Kier alpha value is -2.00. The van der Waals surface area contributed by atoms with Gasteiger partial charge in [0.05, 0.1) is 6.04 Å². The van der Waals surface area contributed by atoms with Crippen molar-refractivity contribution in [2.75, 3.05) is 6.61 Å². The van der Waals surface area contributed by atoms with E-state index in [-0.39, 0.29) is 18.6 Å². The highest BCUT2D eigenvalue weighted by molar-refractivity contribution is 6.30. The van der Waals surface area contributed by atoms with E-state index in [1.165, 1.54) is 11.1 Å². The zero-order chi connectivity index (χ0) is 16.5. The number of fused-ring (bicyclic) bond motifs is 1. The van der Waals surface area contributed by atoms with Gasteiger partial charge in [0.2, 0.25) is 0 Å². The molecule has 2 aromatic rings. The van der Waals surface area contributed by atoms with Gasteiger partial charge in [0.15, 0.2) is 6.61 Å². The predicted octanol–water partition coefficient (Wildman–Crippen LogP) is 4.40. The maximum absolute atomic E-state index is 12.8. The number of ether oxygens (including phenoxy) is 1. The lowest BCUT2D eigenvalue weighted by Crippen LogP contribution is -2.39. The van der Waals surface area contributed by atoms with Crippen molar-refractivity contribution < 1.29 is 9.53 Å². The quantitative estimate of drug-likeness (QED) is 0.806. The molecule has 4 heteroatoms. The van der Waals surface area contributed by atoms with E-state index >= 15 is 0 Å². The molecule has 0 spiro atoms. The first-order valence-electron chi connectivity index (χ1n) is 8.50. The van der Waals surface area contributed by atoms with Crippen molar-refractivity contribution in [2.24, 2.45) is 0 Å². The van der Waals surface area contributed by atoms with Gasteiger partial charge in [0.1, 0.15) is 5.75 Å². The van der Waals surface area contributed by atoms with Crippen LogP contribution >= 0.6 is 11.6 Å². The molecule has 2 aromatic carbocycles. The van der Waals surface area contributed by atoms with Crippen LogP contribution in [0.3, 0.4) is 0 Å². The van der Waals surface area contributed by atoms with E-state index in [1.54, 1.807) is 12.1 Å². The van der Waals surface area contributed by atoms with Gasteiger partial charge in [-0.15, -0.1) is 0 Å². The summed E-state index contributed by atoms with van der Waals surface area (Å²) in [4.78, 5) is 14.9. The van der Waals surface area contributed by atoms with Gasteiger partial charge in [-0.3, -0.25) is 4.79 Å². The Morgan fingerprint density at radius 3 is 2.75 bits per heavy atom. The number of hydrogen-bond donors (Lipinski definition) is 0. The molecule has 1 unspecified atom stereocenters. The fraction of sp³-hybridized carbons (Fsp3) is 0.350. The molecule has 2 aliphatic carbocycles. The molecule has 0 aliphatic heterocycles. The van der Waals surface area contributed by atoms with Gasteiger partial charge in [-0.1, -0.05) is 41.9 Å². The molecule has 4 rings (SSSR count). The van der Waals surface area contributed by atoms with E-state index in [4.69, 9.17) is 16.3 Å². The van der Waals surface area contributed by atoms with Crippen LogP contribution in [-0.4, -0.2) is 23.5 Å². The van der Waals surface area contributed by atoms with Crippen LogP contribution in [0.4, 0.5) is 0 Å². The third-order valence-electron chi connectivity index (χ3n) is 4.82. The number of halogens is 1. The molecule has 0 radical (unpaired) electrons. The van der Waals surface area contributed by atoms with Gasteiger partial charge in [-0.25, -0.2) is 0 Å². The van der Waals surface area contributed by atoms with E-state index in [2.05, 4.69) is 29.2 Å². The summed E-state index contributed by atoms with van der Waals surface area (Å²) in [5.41, 5.74) is 2.68. The van der Waals surface area contributed by atoms with Crippen molar-refractivity contribution in [3.05, 3.63) is 64.7 Å². The van der Waals surface area contributed by atoms with Gasteiger partial charge in [-0.2, -0.15) is 0 Å². The Labute approximate surface area is 147 Å². The van der Waals surface area contributed by atoms with Crippen LogP contribution < -0.4 is 4.74 Å². The Kier molecular flexibility index (Phi) is 4.19. The molecule has 3 nitrogen and oxygen atoms in total. The molecule has 0 bridgehead atoms. The molecule has 1 amide bonds. The van der Waals surface area contributed by atoms with Crippen LogP contribution in [0.2, 0.25) is 5.02 Å². The average Bonchev–Trinajstić information content (AvgIpc) is 3.33. The molecular weight excluding hydrogens is 322 g/mol. The fourth-order valence-corrected chi connectivity index (χ4v) is 3.76. The van der Waals surface area contributed by atoms with Crippen LogP contribution in [-0.2, 0) is 11.2 Å². The first-order chi connectivity index (χ1) is 11.7. The Balaban J connectivity index is 1.49. The molecule has 0 heterocycles. The lowest BCUT2D eigenvalue weighted by Gasteiger charge is -2.30. The van der Waals surface area contributed by atoms with Crippen molar-refractivity contribution in [1.29, 1.82) is 0 Å². The van der Waals surface area contributed by atoms with E-state index in [1.807, 2.05) is 12.1 Å². The minimum Gasteiger partial charge on any atom is -0.484 e. The van der Waals surface area contributed by atoms with Crippen molar-refractivity contribution >= 4 is 17.5 Å². The van der Waals surface area contributed by atoms with Gasteiger partial charge < -0.3 is 9.64 Å². The Morgan fingerprint density at radius 2 is 1.96 bits per heavy atom. The summed E-state index contributed by atoms with van der Waals surface area (Å²) in [5, 5.41) is 0.615. The second-order valence-corrected chi connectivity index (χ2v) is 6.97. The summed E-state index contributed by atoms with van der Waals surface area (Å²) >= 11 is 5.97. The van der Waals surface area contributed by atoms with Gasteiger partial charge in [0, 0.05) is 11.1 Å². The number of benzene rings is 2. The molecule has 0 N–H and O–H groups in total. The number of hydrogen-bond acceptors (Lipinski definition) is 2. The zero-order valence-electron chi connectivity index (χ0n) is 13.5. The molecule has 1 saturated carbocycles. The number of nitrogens with zero attached hydrogens (tertiary/aromatic N) is 1. The van der Waals surface area contributed by atoms with Crippen molar-refractivity contribution in [2.45, 2.75) is 37.8 Å². The van der Waals surface area contributed by atoms with Crippen molar-refractivity contribution in [1.82, 2.24) is 4.90 Å². The van der Waals surface area contributed by atoms with E-state index in [0.29, 0.717) is 16.8 Å². The van der Waals surface area contributed by atoms with Crippen LogP contribution in [0.15, 0.2) is 48.5 Å². The fourth-order valence-electron chi connectivity index (χ4n) is 3.58. The smallest absolute Gasteiger partial charge is 0.261 e. The summed E-state index contributed by atoms with van der Waals surface area (Å²) in [6.07, 6.45) is 4.26. The molecule has 2 aliphatic rings. The SMILES string of the molecule is O=C(COc1cccc(Cl)c1)N(C1CC1)C1CCc2ccccc21. The standard InChI is InChI=1S/C20H20ClNO2/c21-15-5-3-6-17(12-15)24-13-20(23)22(16-9-10-16)19-11-8-14-4-1-2-7-18(14)19/h1-7,12,16,19H,8-11,13H2. The van der Waals surface area contributed by atoms with Crippen molar-refractivity contribution in [3.8, 4) is 5.75 Å². The van der Waals surface area contributed by atoms with Crippen LogP contribution in [0, 0.1) is 0 Å². The number of carbonyl (C=O) groups is 1. The third-order valence-corrected chi connectivity index (χ3v) is 5.06. The van der Waals surface area contributed by atoms with Gasteiger partial charge in [-0.05, 0) is 55.0 Å². The number of carbonyl (C=O) groups excluding carboxylic acids is 1. The maximum atomic E-state index is 12.8. The predicted molar refractivity (Wildman–Crippen MR) is 94.3 cm³/mol. The van der Waals surface area contributed by atoms with Gasteiger partial charge in [0.25, 0.3) is 5.91 Å². The normalized spacial score (nSPS) is 19.0. The highest BCUT2D eigenvalue weighted by Crippen LogP contribution is 2.41.